The van der Waals surface area contributed by atoms with Crippen LogP contribution in [0.15, 0.2) is 66.0 Å². The summed E-state index contributed by atoms with van der Waals surface area (Å²) in [6.07, 6.45) is 9.16. The van der Waals surface area contributed by atoms with Crippen LogP contribution in [-0.4, -0.2) is 32.6 Å². The Bertz CT molecular complexity index is 1450. The first-order valence-corrected chi connectivity index (χ1v) is 11.0. The van der Waals surface area contributed by atoms with Crippen LogP contribution in [0, 0.1) is 11.3 Å². The Morgan fingerprint density at radius 2 is 2.00 bits per heavy atom. The minimum Gasteiger partial charge on any atom is -0.475 e. The highest BCUT2D eigenvalue weighted by atomic mass is 19.1. The minimum atomic E-state index is -0.594. The second-order valence-electron chi connectivity index (χ2n) is 8.27. The summed E-state index contributed by atoms with van der Waals surface area (Å²) in [6.45, 7) is -0.654. The molecule has 0 aliphatic heterocycles. The van der Waals surface area contributed by atoms with E-state index >= 15 is 0 Å². The van der Waals surface area contributed by atoms with E-state index in [1.807, 2.05) is 24.4 Å². The average molecular weight is 455 g/mol. The number of aromatic nitrogens is 4. The number of pyridine rings is 2. The number of halogens is 1. The molecule has 0 bridgehead atoms. The number of nitrogens with zero attached hydrogens (tertiary/aromatic N) is 5. The van der Waals surface area contributed by atoms with Gasteiger partial charge in [0.25, 0.3) is 5.56 Å². The molecule has 1 aliphatic carbocycles. The van der Waals surface area contributed by atoms with Gasteiger partial charge in [-0.25, -0.2) is 14.1 Å². The maximum Gasteiger partial charge on any atom is 0.250 e. The van der Waals surface area contributed by atoms with Gasteiger partial charge in [-0.05, 0) is 42.0 Å². The summed E-state index contributed by atoms with van der Waals surface area (Å²) in [5.41, 5.74) is 5.30. The third-order valence-electron chi connectivity index (χ3n) is 5.95. The molecule has 4 aromatic rings. The number of nitriles is 1. The monoisotopic (exact) mass is 455 g/mol. The topological polar surface area (TPSA) is 85.7 Å². The lowest BCUT2D eigenvalue weighted by atomic mass is 9.99. The number of hydrogen-bond donors (Lipinski definition) is 0. The average Bonchev–Trinajstić information content (AvgIpc) is 3.60. The smallest absolute Gasteiger partial charge is 0.250 e. The predicted octanol–water partition coefficient (Wildman–Crippen LogP) is 4.40. The molecule has 1 fully saturated rings. The van der Waals surface area contributed by atoms with E-state index in [1.165, 1.54) is 4.57 Å². The zero-order valence-electron chi connectivity index (χ0n) is 18.6. The standard InChI is InChI=1S/C26H22FN5O2/c1-31-16-23(21(11-26(31)33)18-7-8-25(29-13-18)34-10-9-27)19-14-30-32(15-19)24-4-2-3-20(17-5-6-17)22(24)12-28/h2-4,7-8,11,13-17H,5-6,9-10H2,1H3. The number of aryl methyl sites for hydroxylation is 1. The zero-order valence-corrected chi connectivity index (χ0v) is 18.6. The van der Waals surface area contributed by atoms with E-state index in [2.05, 4.69) is 16.2 Å². The lowest BCUT2D eigenvalue weighted by Gasteiger charge is -2.11. The maximum atomic E-state index is 12.4. The maximum absolute atomic E-state index is 12.4. The molecule has 0 radical (unpaired) electrons. The summed E-state index contributed by atoms with van der Waals surface area (Å²) >= 11 is 0. The number of hydrogen-bond acceptors (Lipinski definition) is 5. The van der Waals surface area contributed by atoms with Gasteiger partial charge in [-0.3, -0.25) is 4.79 Å². The van der Waals surface area contributed by atoms with Crippen LogP contribution in [0.25, 0.3) is 27.9 Å². The van der Waals surface area contributed by atoms with E-state index in [9.17, 15) is 14.4 Å². The van der Waals surface area contributed by atoms with Gasteiger partial charge in [0.1, 0.15) is 19.4 Å². The van der Waals surface area contributed by atoms with Crippen LogP contribution in [0.5, 0.6) is 5.88 Å². The van der Waals surface area contributed by atoms with Crippen molar-refractivity contribution in [2.75, 3.05) is 13.3 Å². The quantitative estimate of drug-likeness (QED) is 0.412. The molecule has 0 spiro atoms. The fraction of sp³-hybridized carbons (Fsp3) is 0.231. The van der Waals surface area contributed by atoms with Gasteiger partial charge in [0.2, 0.25) is 5.88 Å². The first kappa shape index (κ1) is 21.6. The molecule has 0 unspecified atom stereocenters. The molecule has 1 aromatic carbocycles. The normalized spacial score (nSPS) is 13.0. The molecule has 0 atom stereocenters. The Morgan fingerprint density at radius 1 is 1.15 bits per heavy atom. The van der Waals surface area contributed by atoms with Gasteiger partial charge in [-0.1, -0.05) is 12.1 Å². The van der Waals surface area contributed by atoms with Gasteiger partial charge in [0, 0.05) is 54.5 Å². The van der Waals surface area contributed by atoms with E-state index in [1.54, 1.807) is 48.5 Å². The predicted molar refractivity (Wildman–Crippen MR) is 126 cm³/mol. The summed E-state index contributed by atoms with van der Waals surface area (Å²) in [5.74, 6) is 0.767. The van der Waals surface area contributed by atoms with Crippen LogP contribution >= 0.6 is 0 Å². The van der Waals surface area contributed by atoms with Crippen molar-refractivity contribution in [2.45, 2.75) is 18.8 Å². The van der Waals surface area contributed by atoms with Crippen LogP contribution < -0.4 is 10.3 Å². The van der Waals surface area contributed by atoms with Gasteiger partial charge in [0.05, 0.1) is 17.4 Å². The number of ether oxygens (including phenoxy) is 1. The van der Waals surface area contributed by atoms with Crippen LogP contribution in [-0.2, 0) is 7.05 Å². The molecular weight excluding hydrogens is 433 g/mol. The first-order valence-electron chi connectivity index (χ1n) is 11.0. The largest absolute Gasteiger partial charge is 0.475 e. The van der Waals surface area contributed by atoms with Crippen LogP contribution in [0.4, 0.5) is 4.39 Å². The summed E-state index contributed by atoms with van der Waals surface area (Å²) in [5, 5.41) is 14.4. The van der Waals surface area contributed by atoms with Crippen molar-refractivity contribution in [3.8, 4) is 39.9 Å². The van der Waals surface area contributed by atoms with Gasteiger partial charge >= 0.3 is 0 Å². The summed E-state index contributed by atoms with van der Waals surface area (Å²) < 4.78 is 20.8. The van der Waals surface area contributed by atoms with E-state index < -0.39 is 6.67 Å². The van der Waals surface area contributed by atoms with Crippen molar-refractivity contribution in [3.05, 3.63) is 82.7 Å². The molecule has 0 amide bonds. The SMILES string of the molecule is Cn1cc(-c2cnn(-c3cccc(C4CC4)c3C#N)c2)c(-c2ccc(OCCF)nc2)cc1=O. The number of benzene rings is 1. The van der Waals surface area contributed by atoms with Crippen molar-refractivity contribution >= 4 is 0 Å². The van der Waals surface area contributed by atoms with E-state index in [-0.39, 0.29) is 12.2 Å². The molecule has 34 heavy (non-hydrogen) atoms. The van der Waals surface area contributed by atoms with Crippen LogP contribution in [0.2, 0.25) is 0 Å². The summed E-state index contributed by atoms with van der Waals surface area (Å²) in [4.78, 5) is 16.7. The van der Waals surface area contributed by atoms with Crippen molar-refractivity contribution in [2.24, 2.45) is 7.05 Å². The fourth-order valence-electron chi connectivity index (χ4n) is 4.07. The Morgan fingerprint density at radius 3 is 2.71 bits per heavy atom. The summed E-state index contributed by atoms with van der Waals surface area (Å²) in [6, 6.07) is 13.2. The molecule has 1 aliphatic rings. The van der Waals surface area contributed by atoms with Crippen molar-refractivity contribution in [1.82, 2.24) is 19.3 Å². The van der Waals surface area contributed by atoms with Gasteiger partial charge in [0.15, 0.2) is 0 Å². The van der Waals surface area contributed by atoms with E-state index in [0.29, 0.717) is 22.9 Å². The van der Waals surface area contributed by atoms with E-state index in [4.69, 9.17) is 4.74 Å². The number of alkyl halides is 1. The molecule has 3 aromatic heterocycles. The third kappa shape index (κ3) is 4.08. The van der Waals surface area contributed by atoms with Crippen LogP contribution in [0.3, 0.4) is 0 Å². The molecule has 170 valence electrons. The Kier molecular flexibility index (Phi) is 5.68. The zero-order chi connectivity index (χ0) is 23.7. The molecular formula is C26H22FN5O2. The highest BCUT2D eigenvalue weighted by Gasteiger charge is 2.27. The Labute approximate surface area is 195 Å². The van der Waals surface area contributed by atoms with Crippen LogP contribution in [0.1, 0.15) is 29.9 Å². The lowest BCUT2D eigenvalue weighted by Crippen LogP contribution is -2.15. The molecule has 1 saturated carbocycles. The van der Waals surface area contributed by atoms with E-state index in [0.717, 1.165) is 40.8 Å². The van der Waals surface area contributed by atoms with Crippen molar-refractivity contribution in [3.63, 3.8) is 0 Å². The van der Waals surface area contributed by atoms with Gasteiger partial charge < -0.3 is 9.30 Å². The molecule has 0 saturated heterocycles. The molecule has 5 rings (SSSR count). The molecule has 3 heterocycles. The van der Waals surface area contributed by atoms with Gasteiger partial charge in [-0.15, -0.1) is 0 Å². The fourth-order valence-corrected chi connectivity index (χ4v) is 4.07. The second kappa shape index (κ2) is 8.94. The molecule has 8 heteroatoms. The summed E-state index contributed by atoms with van der Waals surface area (Å²) in [7, 11) is 1.69. The highest BCUT2D eigenvalue weighted by molar-refractivity contribution is 5.82. The van der Waals surface area contributed by atoms with Crippen molar-refractivity contribution < 1.29 is 9.13 Å². The van der Waals surface area contributed by atoms with Gasteiger partial charge in [-0.2, -0.15) is 10.4 Å². The third-order valence-corrected chi connectivity index (χ3v) is 5.95. The Hall–Kier alpha value is -4.25. The lowest BCUT2D eigenvalue weighted by molar-refractivity contribution is 0.264. The second-order valence-corrected chi connectivity index (χ2v) is 8.27. The molecule has 7 nitrogen and oxygen atoms in total. The number of rotatable bonds is 7. The minimum absolute atomic E-state index is 0.0602. The highest BCUT2D eigenvalue weighted by Crippen LogP contribution is 2.42. The first-order chi connectivity index (χ1) is 16.6. The Balaban J connectivity index is 1.56. The van der Waals surface area contributed by atoms with Crippen molar-refractivity contribution in [1.29, 1.82) is 5.26 Å². The molecule has 0 N–H and O–H groups in total.